The third kappa shape index (κ3) is 6.11. The molecular weight excluding hydrogens is 499 g/mol. The lowest BCUT2D eigenvalue weighted by Crippen LogP contribution is -2.18. The number of nitrogens with one attached hydrogen (secondary N) is 1. The van der Waals surface area contributed by atoms with E-state index in [4.69, 9.17) is 4.74 Å². The molecule has 37 heavy (non-hydrogen) atoms. The first-order valence-electron chi connectivity index (χ1n) is 11.0. The number of alkyl halides is 3. The smallest absolute Gasteiger partial charge is 0.418 e. The lowest BCUT2D eigenvalue weighted by Gasteiger charge is -2.14. The lowest BCUT2D eigenvalue weighted by atomic mass is 9.99. The van der Waals surface area contributed by atoms with E-state index in [2.05, 4.69) is 16.4 Å². The summed E-state index contributed by atoms with van der Waals surface area (Å²) in [6.07, 6.45) is -4.61. The number of halogens is 3. The van der Waals surface area contributed by atoms with Crippen molar-refractivity contribution >= 4 is 23.4 Å². The van der Waals surface area contributed by atoms with Gasteiger partial charge < -0.3 is 10.1 Å². The maximum Gasteiger partial charge on any atom is 0.418 e. The molecule has 5 nitrogen and oxygen atoms in total. The van der Waals surface area contributed by atoms with Gasteiger partial charge in [0.15, 0.2) is 0 Å². The number of thioether (sulfide) groups is 1. The number of rotatable bonds is 7. The standard InChI is InChI=1S/C28H20F3N3O2S/c1-36-20-13-11-18(12-14-20)21-15-25(19-7-3-2-4-8-19)34-27(22(21)16-32)37-17-26(35)33-24-10-6-5-9-23(24)28(29,30)31/h2-15H,17H2,1H3,(H,33,35). The zero-order valence-electron chi connectivity index (χ0n) is 19.5. The van der Waals surface area contributed by atoms with Crippen LogP contribution in [0.4, 0.5) is 18.9 Å². The molecule has 0 fully saturated rings. The van der Waals surface area contributed by atoms with Crippen molar-refractivity contribution in [2.45, 2.75) is 11.2 Å². The Hall–Kier alpha value is -4.29. The van der Waals surface area contributed by atoms with Crippen molar-refractivity contribution in [3.63, 3.8) is 0 Å². The molecule has 0 bridgehead atoms. The molecule has 4 rings (SSSR count). The minimum Gasteiger partial charge on any atom is -0.497 e. The molecule has 0 spiro atoms. The number of nitriles is 1. The first-order valence-corrected chi connectivity index (χ1v) is 12.0. The molecular formula is C28H20F3N3O2S. The number of pyridine rings is 1. The molecule has 1 heterocycles. The monoisotopic (exact) mass is 519 g/mol. The minimum absolute atomic E-state index is 0.242. The molecule has 3 aromatic carbocycles. The Kier molecular flexibility index (Phi) is 7.80. The van der Waals surface area contributed by atoms with Gasteiger partial charge in [-0.1, -0.05) is 66.4 Å². The SMILES string of the molecule is COc1ccc(-c2cc(-c3ccccc3)nc(SCC(=O)Nc3ccccc3C(F)(F)F)c2C#N)cc1. The van der Waals surface area contributed by atoms with Gasteiger partial charge in [-0.3, -0.25) is 4.79 Å². The fourth-order valence-corrected chi connectivity index (χ4v) is 4.45. The number of nitrogens with zero attached hydrogens (tertiary/aromatic N) is 2. The normalized spacial score (nSPS) is 11.0. The summed E-state index contributed by atoms with van der Waals surface area (Å²) in [5.41, 5.74) is 1.77. The molecule has 0 saturated carbocycles. The van der Waals surface area contributed by atoms with Crippen molar-refractivity contribution in [2.24, 2.45) is 0 Å². The van der Waals surface area contributed by atoms with Crippen molar-refractivity contribution in [3.8, 4) is 34.2 Å². The second-order valence-corrected chi connectivity index (χ2v) is 8.79. The van der Waals surface area contributed by atoms with Gasteiger partial charge in [-0.2, -0.15) is 18.4 Å². The fourth-order valence-electron chi connectivity index (χ4n) is 3.65. The molecule has 0 aliphatic carbocycles. The summed E-state index contributed by atoms with van der Waals surface area (Å²) >= 11 is 0.986. The van der Waals surface area contributed by atoms with Crippen molar-refractivity contribution in [2.75, 3.05) is 18.2 Å². The van der Waals surface area contributed by atoms with Crippen molar-refractivity contribution in [1.82, 2.24) is 4.98 Å². The van der Waals surface area contributed by atoms with Crippen LogP contribution in [0.2, 0.25) is 0 Å². The summed E-state index contributed by atoms with van der Waals surface area (Å²) in [4.78, 5) is 17.2. The number of benzene rings is 3. The highest BCUT2D eigenvalue weighted by Crippen LogP contribution is 2.36. The van der Waals surface area contributed by atoms with Gasteiger partial charge in [-0.05, 0) is 35.9 Å². The van der Waals surface area contributed by atoms with Gasteiger partial charge in [0.05, 0.1) is 35.4 Å². The van der Waals surface area contributed by atoms with Crippen LogP contribution in [-0.2, 0) is 11.0 Å². The second-order valence-electron chi connectivity index (χ2n) is 7.82. The molecule has 0 radical (unpaired) electrons. The number of amides is 1. The summed E-state index contributed by atoms with van der Waals surface area (Å²) in [6, 6.07) is 25.3. The number of ether oxygens (including phenoxy) is 1. The molecule has 0 aliphatic rings. The van der Waals surface area contributed by atoms with E-state index in [1.807, 2.05) is 42.5 Å². The van der Waals surface area contributed by atoms with Gasteiger partial charge in [0.2, 0.25) is 5.91 Å². The molecule has 0 aliphatic heterocycles. The number of para-hydroxylation sites is 1. The maximum atomic E-state index is 13.3. The van der Waals surface area contributed by atoms with Gasteiger partial charge in [0.1, 0.15) is 16.8 Å². The van der Waals surface area contributed by atoms with Gasteiger partial charge >= 0.3 is 6.18 Å². The highest BCUT2D eigenvalue weighted by atomic mass is 32.2. The van der Waals surface area contributed by atoms with E-state index in [9.17, 15) is 23.2 Å². The van der Waals surface area contributed by atoms with E-state index < -0.39 is 17.6 Å². The Bertz CT molecular complexity index is 1450. The van der Waals surface area contributed by atoms with Crippen LogP contribution in [0.1, 0.15) is 11.1 Å². The Morgan fingerprint density at radius 3 is 2.32 bits per heavy atom. The molecule has 1 aromatic heterocycles. The zero-order chi connectivity index (χ0) is 26.4. The molecule has 0 unspecified atom stereocenters. The van der Waals surface area contributed by atoms with Crippen molar-refractivity contribution in [1.29, 1.82) is 5.26 Å². The Balaban J connectivity index is 1.67. The number of anilines is 1. The summed E-state index contributed by atoms with van der Waals surface area (Å²) in [7, 11) is 1.56. The van der Waals surface area contributed by atoms with E-state index in [-0.39, 0.29) is 17.0 Å². The third-order valence-corrected chi connectivity index (χ3v) is 6.39. The molecule has 0 atom stereocenters. The maximum absolute atomic E-state index is 13.3. The van der Waals surface area contributed by atoms with Gasteiger partial charge in [0.25, 0.3) is 0 Å². The zero-order valence-corrected chi connectivity index (χ0v) is 20.4. The average molecular weight is 520 g/mol. The summed E-state index contributed by atoms with van der Waals surface area (Å²) in [5.74, 6) is -0.234. The minimum atomic E-state index is -4.61. The highest BCUT2D eigenvalue weighted by molar-refractivity contribution is 8.00. The van der Waals surface area contributed by atoms with Crippen molar-refractivity contribution < 1.29 is 22.7 Å². The number of carbonyl (C=O) groups excluding carboxylic acids is 1. The largest absolute Gasteiger partial charge is 0.497 e. The number of hydrogen-bond donors (Lipinski definition) is 1. The average Bonchev–Trinajstić information content (AvgIpc) is 2.91. The molecule has 9 heteroatoms. The summed E-state index contributed by atoms with van der Waals surface area (Å²) in [5, 5.41) is 12.6. The number of carbonyl (C=O) groups is 1. The van der Waals surface area contributed by atoms with Crippen LogP contribution in [0.15, 0.2) is 90.0 Å². The topological polar surface area (TPSA) is 75.0 Å². The summed E-state index contributed by atoms with van der Waals surface area (Å²) < 4.78 is 45.1. The third-order valence-electron chi connectivity index (χ3n) is 5.42. The van der Waals surface area contributed by atoms with E-state index >= 15 is 0 Å². The molecule has 4 aromatic rings. The molecule has 0 saturated heterocycles. The second kappa shape index (κ2) is 11.2. The Labute approximate surface area is 215 Å². The summed E-state index contributed by atoms with van der Waals surface area (Å²) in [6.45, 7) is 0. The predicted molar refractivity (Wildman–Crippen MR) is 137 cm³/mol. The molecule has 1 amide bonds. The lowest BCUT2D eigenvalue weighted by molar-refractivity contribution is -0.137. The number of methoxy groups -OCH3 is 1. The van der Waals surface area contributed by atoms with Gasteiger partial charge in [-0.15, -0.1) is 0 Å². The van der Waals surface area contributed by atoms with Crippen molar-refractivity contribution in [3.05, 3.63) is 96.1 Å². The Morgan fingerprint density at radius 1 is 1.00 bits per heavy atom. The van der Waals surface area contributed by atoms with Crippen LogP contribution >= 0.6 is 11.8 Å². The van der Waals surface area contributed by atoms with E-state index in [1.165, 1.54) is 18.2 Å². The van der Waals surface area contributed by atoms with Crippen LogP contribution < -0.4 is 10.1 Å². The predicted octanol–water partition coefficient (Wildman–Crippen LogP) is 7.05. The number of hydrogen-bond acceptors (Lipinski definition) is 5. The first-order chi connectivity index (χ1) is 17.8. The van der Waals surface area contributed by atoms with Crippen LogP contribution in [0.3, 0.4) is 0 Å². The van der Waals surface area contributed by atoms with E-state index in [0.29, 0.717) is 22.0 Å². The fraction of sp³-hybridized carbons (Fsp3) is 0.107. The van der Waals surface area contributed by atoms with E-state index in [0.717, 1.165) is 29.0 Å². The van der Waals surface area contributed by atoms with E-state index in [1.54, 1.807) is 25.3 Å². The molecule has 1 N–H and O–H groups in total. The quantitative estimate of drug-likeness (QED) is 0.265. The van der Waals surface area contributed by atoms with Crippen LogP contribution in [0.5, 0.6) is 5.75 Å². The molecule has 186 valence electrons. The Morgan fingerprint density at radius 2 is 1.68 bits per heavy atom. The van der Waals surface area contributed by atoms with Crippen LogP contribution in [0, 0.1) is 11.3 Å². The van der Waals surface area contributed by atoms with Gasteiger partial charge in [-0.25, -0.2) is 4.98 Å². The van der Waals surface area contributed by atoms with Gasteiger partial charge in [0, 0.05) is 11.1 Å². The first kappa shape index (κ1) is 25.8. The highest BCUT2D eigenvalue weighted by Gasteiger charge is 2.33. The number of aromatic nitrogens is 1. The van der Waals surface area contributed by atoms with Crippen LogP contribution in [-0.4, -0.2) is 23.8 Å². The van der Waals surface area contributed by atoms with Crippen LogP contribution in [0.25, 0.3) is 22.4 Å².